The number of fused-ring (bicyclic) bond motifs is 1. The number of nitrogens with zero attached hydrogens (tertiary/aromatic N) is 4. The quantitative estimate of drug-likeness (QED) is 0.346. The highest BCUT2D eigenvalue weighted by Gasteiger charge is 2.67. The molecule has 1 spiro atoms. The third kappa shape index (κ3) is 4.47. The first kappa shape index (κ1) is 25.2. The van der Waals surface area contributed by atoms with E-state index in [1.165, 1.54) is 18.6 Å². The third-order valence-electron chi connectivity index (χ3n) is 7.74. The Morgan fingerprint density at radius 1 is 1.05 bits per heavy atom. The van der Waals surface area contributed by atoms with E-state index in [-0.39, 0.29) is 37.1 Å². The van der Waals surface area contributed by atoms with Crippen molar-refractivity contribution in [2.75, 3.05) is 4.90 Å². The van der Waals surface area contributed by atoms with Gasteiger partial charge in [-0.25, -0.2) is 14.1 Å². The molecule has 2 amide bonds. The molecule has 4 aromatic rings. The second-order valence-electron chi connectivity index (χ2n) is 10.8. The van der Waals surface area contributed by atoms with Crippen LogP contribution in [0.5, 0.6) is 0 Å². The first-order valence-electron chi connectivity index (χ1n) is 13.8. The lowest BCUT2D eigenvalue weighted by Gasteiger charge is -2.29. The van der Waals surface area contributed by atoms with Crippen molar-refractivity contribution in [3.8, 4) is 5.69 Å². The number of anilines is 1. The molecule has 2 aromatic heterocycles. The van der Waals surface area contributed by atoms with Gasteiger partial charge in [-0.15, -0.1) is 0 Å². The van der Waals surface area contributed by atoms with Gasteiger partial charge in [-0.1, -0.05) is 50.6 Å². The largest absolute Gasteiger partial charge is 0.350 e. The molecule has 3 heterocycles. The number of pyridine rings is 1. The zero-order valence-corrected chi connectivity index (χ0v) is 22.2. The summed E-state index contributed by atoms with van der Waals surface area (Å²) < 4.78 is 15.1. The van der Waals surface area contributed by atoms with Crippen LogP contribution >= 0.6 is 0 Å². The maximum Gasteiger partial charge on any atom is 0.237 e. The summed E-state index contributed by atoms with van der Waals surface area (Å²) >= 11 is 0. The fraction of sp³-hybridized carbons (Fsp3) is 0.355. The van der Waals surface area contributed by atoms with E-state index in [0.717, 1.165) is 42.5 Å². The Bertz CT molecular complexity index is 1520. The molecule has 2 aliphatic carbocycles. The van der Waals surface area contributed by atoms with Gasteiger partial charge in [0.25, 0.3) is 0 Å². The molecule has 0 bridgehead atoms. The van der Waals surface area contributed by atoms with E-state index in [4.69, 9.17) is 4.98 Å². The predicted octanol–water partition coefficient (Wildman–Crippen LogP) is 5.98. The first-order valence-corrected chi connectivity index (χ1v) is 13.8. The van der Waals surface area contributed by atoms with Crippen LogP contribution in [0.4, 0.5) is 10.2 Å². The van der Waals surface area contributed by atoms with Crippen LogP contribution in [0.3, 0.4) is 0 Å². The maximum absolute atomic E-state index is 13.9. The number of carbonyl (C=O) groups is 2. The SMILES string of the molecule is CCC.O=C(N[C@@H]1[C@@H](c2ccccc2)N(c2ccc3c(cnn3-c3ccc(F)cc3)n2)C(=O)C12CC2)C1CC1.[HH]. The van der Waals surface area contributed by atoms with Crippen molar-refractivity contribution in [3.63, 3.8) is 0 Å². The summed E-state index contributed by atoms with van der Waals surface area (Å²) in [4.78, 5) is 33.4. The average Bonchev–Trinajstić information content (AvgIpc) is 3.88. The number of aromatic nitrogens is 3. The van der Waals surface area contributed by atoms with Crippen molar-refractivity contribution < 1.29 is 15.4 Å². The van der Waals surface area contributed by atoms with Gasteiger partial charge < -0.3 is 5.32 Å². The molecule has 1 N–H and O–H groups in total. The molecule has 0 unspecified atom stereocenters. The van der Waals surface area contributed by atoms with Crippen LogP contribution < -0.4 is 10.2 Å². The Kier molecular flexibility index (Phi) is 6.41. The second kappa shape index (κ2) is 9.91. The minimum Gasteiger partial charge on any atom is -0.350 e. The van der Waals surface area contributed by atoms with E-state index in [1.807, 2.05) is 42.5 Å². The molecular formula is C31H34FN5O2. The summed E-state index contributed by atoms with van der Waals surface area (Å²) in [6, 6.07) is 19.1. The van der Waals surface area contributed by atoms with Crippen LogP contribution in [0.2, 0.25) is 0 Å². The number of hydrogen-bond acceptors (Lipinski definition) is 4. The monoisotopic (exact) mass is 527 g/mol. The highest BCUT2D eigenvalue weighted by molar-refractivity contribution is 6.04. The minimum atomic E-state index is -0.583. The summed E-state index contributed by atoms with van der Waals surface area (Å²) in [5.41, 5.74) is 2.50. The van der Waals surface area contributed by atoms with Crippen LogP contribution in [0.1, 0.15) is 59.0 Å². The second-order valence-corrected chi connectivity index (χ2v) is 10.8. The van der Waals surface area contributed by atoms with Crippen LogP contribution in [-0.4, -0.2) is 32.6 Å². The fourth-order valence-corrected chi connectivity index (χ4v) is 5.51. The van der Waals surface area contributed by atoms with E-state index in [2.05, 4.69) is 24.3 Å². The molecule has 3 fully saturated rings. The Morgan fingerprint density at radius 2 is 1.74 bits per heavy atom. The molecule has 2 atom stereocenters. The number of benzene rings is 2. The zero-order chi connectivity index (χ0) is 27.1. The molecule has 1 saturated heterocycles. The first-order chi connectivity index (χ1) is 19.0. The number of rotatable bonds is 5. The van der Waals surface area contributed by atoms with Gasteiger partial charge in [0, 0.05) is 7.34 Å². The smallest absolute Gasteiger partial charge is 0.237 e. The lowest BCUT2D eigenvalue weighted by Crippen LogP contribution is -2.44. The van der Waals surface area contributed by atoms with E-state index < -0.39 is 5.41 Å². The molecule has 2 aromatic carbocycles. The van der Waals surface area contributed by atoms with Gasteiger partial charge in [0.15, 0.2) is 0 Å². The van der Waals surface area contributed by atoms with Crippen molar-refractivity contribution in [3.05, 3.63) is 84.3 Å². The van der Waals surface area contributed by atoms with Gasteiger partial charge in [-0.2, -0.15) is 5.10 Å². The molecule has 202 valence electrons. The third-order valence-corrected chi connectivity index (χ3v) is 7.74. The lowest BCUT2D eigenvalue weighted by atomic mass is 9.91. The van der Waals surface area contributed by atoms with Crippen LogP contribution in [0, 0.1) is 17.2 Å². The summed E-state index contributed by atoms with van der Waals surface area (Å²) in [5.74, 6) is 0.344. The average molecular weight is 528 g/mol. The number of hydrogen-bond donors (Lipinski definition) is 1. The standard InChI is InChI=1S/C28H24FN5O2.C3H8.H2/c29-19-8-10-20(11-9-19)34-22-12-13-23(31-21(22)16-30-34)33-24(17-4-2-1-3-5-17)25(28(14-15-28)27(33)36)32-26(35)18-6-7-18;1-3-2;/h1-5,8-13,16,18,24-25H,6-7,14-15H2,(H,32,35);3H2,1-2H3;1H/t24-,25-;;/m1../s1. The lowest BCUT2D eigenvalue weighted by molar-refractivity contribution is -0.124. The zero-order valence-electron chi connectivity index (χ0n) is 22.2. The predicted molar refractivity (Wildman–Crippen MR) is 150 cm³/mol. The van der Waals surface area contributed by atoms with E-state index >= 15 is 0 Å². The van der Waals surface area contributed by atoms with Crippen molar-refractivity contribution in [1.82, 2.24) is 20.1 Å². The number of carbonyl (C=O) groups excluding carboxylic acids is 2. The normalized spacial score (nSPS) is 21.1. The topological polar surface area (TPSA) is 80.1 Å². The van der Waals surface area contributed by atoms with Gasteiger partial charge in [-0.05, 0) is 67.6 Å². The number of nitrogens with one attached hydrogen (secondary N) is 1. The molecule has 0 radical (unpaired) electrons. The van der Waals surface area contributed by atoms with E-state index in [9.17, 15) is 14.0 Å². The van der Waals surface area contributed by atoms with Crippen LogP contribution in [0.25, 0.3) is 16.7 Å². The van der Waals surface area contributed by atoms with E-state index in [1.54, 1.807) is 27.9 Å². The van der Waals surface area contributed by atoms with Crippen molar-refractivity contribution in [1.29, 1.82) is 0 Å². The molecule has 7 rings (SSSR count). The van der Waals surface area contributed by atoms with Crippen LogP contribution in [-0.2, 0) is 9.59 Å². The van der Waals surface area contributed by atoms with Gasteiger partial charge in [0.2, 0.25) is 11.8 Å². The molecule has 3 aliphatic rings. The Balaban J connectivity index is 0.000000774. The highest BCUT2D eigenvalue weighted by atomic mass is 19.1. The Morgan fingerprint density at radius 3 is 2.38 bits per heavy atom. The van der Waals surface area contributed by atoms with Crippen molar-refractivity contribution in [2.24, 2.45) is 11.3 Å². The number of halogens is 1. The fourth-order valence-electron chi connectivity index (χ4n) is 5.51. The maximum atomic E-state index is 13.9. The minimum absolute atomic E-state index is 0. The van der Waals surface area contributed by atoms with Crippen molar-refractivity contribution >= 4 is 28.7 Å². The molecule has 2 saturated carbocycles. The van der Waals surface area contributed by atoms with Gasteiger partial charge in [0.05, 0.1) is 34.9 Å². The molecule has 7 nitrogen and oxygen atoms in total. The summed E-state index contributed by atoms with van der Waals surface area (Å²) in [6.45, 7) is 4.25. The molecule has 39 heavy (non-hydrogen) atoms. The van der Waals surface area contributed by atoms with Crippen LogP contribution in [0.15, 0.2) is 72.9 Å². The van der Waals surface area contributed by atoms with Gasteiger partial charge in [-0.3, -0.25) is 14.5 Å². The molecule has 8 heteroatoms. The Hall–Kier alpha value is -4.07. The highest BCUT2D eigenvalue weighted by Crippen LogP contribution is 2.60. The molecular weight excluding hydrogens is 493 g/mol. The van der Waals surface area contributed by atoms with Crippen molar-refractivity contribution in [2.45, 2.75) is 58.0 Å². The molecule has 1 aliphatic heterocycles. The van der Waals surface area contributed by atoms with Gasteiger partial charge >= 0.3 is 0 Å². The van der Waals surface area contributed by atoms with Gasteiger partial charge in [0.1, 0.15) is 17.2 Å². The van der Waals surface area contributed by atoms with E-state index in [0.29, 0.717) is 11.3 Å². The number of amides is 2. The summed E-state index contributed by atoms with van der Waals surface area (Å²) in [7, 11) is 0. The summed E-state index contributed by atoms with van der Waals surface area (Å²) in [5, 5.41) is 7.72. The summed E-state index contributed by atoms with van der Waals surface area (Å²) in [6.07, 6.45) is 6.24. The Labute approximate surface area is 228 Å².